The molecule has 0 spiro atoms. The van der Waals surface area contributed by atoms with Gasteiger partial charge in [0.1, 0.15) is 6.10 Å². The lowest BCUT2D eigenvalue weighted by Crippen LogP contribution is -2.29. The second kappa shape index (κ2) is 16.6. The van der Waals surface area contributed by atoms with Crippen molar-refractivity contribution >= 4 is 0 Å². The van der Waals surface area contributed by atoms with E-state index in [2.05, 4.69) is 0 Å². The van der Waals surface area contributed by atoms with Gasteiger partial charge in [-0.1, -0.05) is 30.3 Å². The molecule has 0 saturated carbocycles. The monoisotopic (exact) mass is 650 g/mol. The van der Waals surface area contributed by atoms with Gasteiger partial charge in [0.05, 0.1) is 62.0 Å². The quantitative estimate of drug-likeness (QED) is 0.141. The Morgan fingerprint density at radius 1 is 0.489 bits per heavy atom. The third-order valence-electron chi connectivity index (χ3n) is 7.79. The lowest BCUT2D eigenvalue weighted by molar-refractivity contribution is -0.000526. The summed E-state index contributed by atoms with van der Waals surface area (Å²) in [5.41, 5.74) is 1.75. The van der Waals surface area contributed by atoms with Crippen LogP contribution in [0.3, 0.4) is 0 Å². The van der Waals surface area contributed by atoms with Crippen LogP contribution in [0.15, 0.2) is 78.9 Å². The molecule has 0 heterocycles. The molecule has 2 unspecified atom stereocenters. The smallest absolute Gasteiger partial charge is 0.161 e. The van der Waals surface area contributed by atoms with Crippen LogP contribution in [-0.2, 0) is 0 Å². The third-order valence-corrected chi connectivity index (χ3v) is 7.79. The fourth-order valence-electron chi connectivity index (χ4n) is 5.18. The molecule has 0 saturated heterocycles. The summed E-state index contributed by atoms with van der Waals surface area (Å²) in [6.45, 7) is -0.430. The first kappa shape index (κ1) is 35.0. The van der Waals surface area contributed by atoms with Gasteiger partial charge in [-0.2, -0.15) is 0 Å². The molecule has 0 radical (unpaired) electrons. The molecular weight excluding hydrogens is 608 g/mol. The van der Waals surface area contributed by atoms with Crippen molar-refractivity contribution in [1.82, 2.24) is 0 Å². The summed E-state index contributed by atoms with van der Waals surface area (Å²) >= 11 is 0. The molecule has 4 rings (SSSR count). The summed E-state index contributed by atoms with van der Waals surface area (Å²) in [6, 6.07) is 22.5. The van der Waals surface area contributed by atoms with E-state index in [4.69, 9.17) is 37.9 Å². The van der Waals surface area contributed by atoms with E-state index in [0.29, 0.717) is 57.1 Å². The summed E-state index contributed by atoms with van der Waals surface area (Å²) in [5.74, 6) is 3.03. The van der Waals surface area contributed by atoms with E-state index in [0.717, 1.165) is 5.56 Å². The van der Waals surface area contributed by atoms with Crippen molar-refractivity contribution in [3.8, 4) is 46.0 Å². The molecule has 4 aromatic carbocycles. The maximum Gasteiger partial charge on any atom is 0.161 e. The van der Waals surface area contributed by atoms with Crippen LogP contribution < -0.4 is 37.9 Å². The zero-order valence-electron chi connectivity index (χ0n) is 27.3. The molecule has 3 N–H and O–H groups in total. The number of hydrogen-bond donors (Lipinski definition) is 3. The third kappa shape index (κ3) is 8.12. The summed E-state index contributed by atoms with van der Waals surface area (Å²) in [5, 5.41) is 32.9. The lowest BCUT2D eigenvalue weighted by atomic mass is 9.89. The predicted molar refractivity (Wildman–Crippen MR) is 175 cm³/mol. The van der Waals surface area contributed by atoms with E-state index in [9.17, 15) is 15.3 Å². The fourth-order valence-corrected chi connectivity index (χ4v) is 5.18. The van der Waals surface area contributed by atoms with Crippen molar-refractivity contribution < 1.29 is 53.2 Å². The van der Waals surface area contributed by atoms with E-state index >= 15 is 0 Å². The molecule has 0 aliphatic heterocycles. The predicted octanol–water partition coefficient (Wildman–Crippen LogP) is 5.11. The minimum absolute atomic E-state index is 0.0272. The summed E-state index contributed by atoms with van der Waals surface area (Å²) in [6.07, 6.45) is -3.23. The average Bonchev–Trinajstić information content (AvgIpc) is 3.13. The zero-order chi connectivity index (χ0) is 33.9. The second-order valence-electron chi connectivity index (χ2n) is 10.4. The first-order valence-corrected chi connectivity index (χ1v) is 14.8. The fraction of sp³-hybridized carbons (Fsp3) is 0.333. The molecular formula is C36H42O11. The van der Waals surface area contributed by atoms with Gasteiger partial charge in [0, 0.05) is 5.92 Å². The standard InChI is InChI=1S/C36H42O11/c1-40-26-9-7-8-10-30(26)47-34(20-37)36(39)24-13-16-29(33(19-24)45-6)46-21-25(22-11-14-27(41-2)31(17-22)43-4)35(38)23-12-15-28(42-3)32(18-23)44-5/h7-19,25,34-39H,20-21H2,1-6H3/t25-,34?,35-,36?/m1/s1. The van der Waals surface area contributed by atoms with E-state index in [-0.39, 0.29) is 6.61 Å². The highest BCUT2D eigenvalue weighted by Crippen LogP contribution is 2.40. The number of aliphatic hydroxyl groups excluding tert-OH is 3. The molecule has 0 amide bonds. The minimum atomic E-state index is -1.21. The van der Waals surface area contributed by atoms with E-state index < -0.39 is 30.8 Å². The molecule has 4 atom stereocenters. The lowest BCUT2D eigenvalue weighted by Gasteiger charge is -2.26. The largest absolute Gasteiger partial charge is 0.493 e. The van der Waals surface area contributed by atoms with Crippen molar-refractivity contribution in [2.24, 2.45) is 0 Å². The first-order valence-electron chi connectivity index (χ1n) is 14.8. The Kier molecular flexibility index (Phi) is 12.4. The van der Waals surface area contributed by atoms with Gasteiger partial charge < -0.3 is 53.2 Å². The summed E-state index contributed by atoms with van der Waals surface area (Å²) in [7, 11) is 9.17. The van der Waals surface area contributed by atoms with Crippen LogP contribution in [0.2, 0.25) is 0 Å². The molecule has 0 aliphatic carbocycles. The van der Waals surface area contributed by atoms with Gasteiger partial charge >= 0.3 is 0 Å². The molecule has 0 aliphatic rings. The van der Waals surface area contributed by atoms with Crippen LogP contribution in [0.1, 0.15) is 34.8 Å². The molecule has 4 aromatic rings. The highest BCUT2D eigenvalue weighted by molar-refractivity contribution is 5.48. The normalized spacial score (nSPS) is 13.5. The summed E-state index contributed by atoms with van der Waals surface area (Å²) < 4.78 is 44.9. The Labute approximate surface area is 274 Å². The van der Waals surface area contributed by atoms with Gasteiger partial charge in [-0.3, -0.25) is 0 Å². The van der Waals surface area contributed by atoms with Gasteiger partial charge in [0.15, 0.2) is 52.1 Å². The van der Waals surface area contributed by atoms with E-state index in [1.807, 2.05) is 6.07 Å². The van der Waals surface area contributed by atoms with E-state index in [1.54, 1.807) is 94.1 Å². The minimum Gasteiger partial charge on any atom is -0.493 e. The van der Waals surface area contributed by atoms with Gasteiger partial charge in [-0.15, -0.1) is 0 Å². The van der Waals surface area contributed by atoms with Crippen LogP contribution >= 0.6 is 0 Å². The van der Waals surface area contributed by atoms with Crippen molar-refractivity contribution in [2.45, 2.75) is 24.2 Å². The topological polar surface area (TPSA) is 135 Å². The highest BCUT2D eigenvalue weighted by Gasteiger charge is 2.28. The van der Waals surface area contributed by atoms with Crippen LogP contribution in [0.25, 0.3) is 0 Å². The summed E-state index contributed by atoms with van der Waals surface area (Å²) in [4.78, 5) is 0. The number of rotatable bonds is 17. The Morgan fingerprint density at radius 3 is 1.45 bits per heavy atom. The van der Waals surface area contributed by atoms with Crippen molar-refractivity contribution in [3.05, 3.63) is 95.6 Å². The molecule has 11 nitrogen and oxygen atoms in total. The number of methoxy groups -OCH3 is 6. The van der Waals surface area contributed by atoms with Crippen LogP contribution in [-0.4, -0.2) is 77.3 Å². The van der Waals surface area contributed by atoms with Crippen molar-refractivity contribution in [1.29, 1.82) is 0 Å². The number of ether oxygens (including phenoxy) is 8. The van der Waals surface area contributed by atoms with Crippen LogP contribution in [0.5, 0.6) is 46.0 Å². The highest BCUT2D eigenvalue weighted by atomic mass is 16.5. The van der Waals surface area contributed by atoms with Crippen molar-refractivity contribution in [3.63, 3.8) is 0 Å². The van der Waals surface area contributed by atoms with Crippen molar-refractivity contribution in [2.75, 3.05) is 55.9 Å². The number of para-hydroxylation sites is 2. The SMILES string of the molecule is COc1ccc([C@@H](O)[C@H](COc2ccc(C(O)C(CO)Oc3ccccc3OC)cc2OC)c2ccc(OC)c(OC)c2)cc1OC. The Morgan fingerprint density at radius 2 is 0.915 bits per heavy atom. The Hall–Kier alpha value is -4.84. The number of hydrogen-bond acceptors (Lipinski definition) is 11. The molecule has 0 fully saturated rings. The number of aliphatic hydroxyl groups is 3. The van der Waals surface area contributed by atoms with Gasteiger partial charge in [-0.25, -0.2) is 0 Å². The maximum atomic E-state index is 11.7. The Balaban J connectivity index is 1.62. The molecule has 0 aromatic heterocycles. The number of benzene rings is 4. The molecule has 11 heteroatoms. The van der Waals surface area contributed by atoms with Gasteiger partial charge in [-0.05, 0) is 65.2 Å². The Bertz CT molecular complexity index is 1590. The molecule has 47 heavy (non-hydrogen) atoms. The first-order chi connectivity index (χ1) is 22.8. The molecule has 0 bridgehead atoms. The zero-order valence-corrected chi connectivity index (χ0v) is 27.3. The molecule has 252 valence electrons. The van der Waals surface area contributed by atoms with Crippen LogP contribution in [0, 0.1) is 0 Å². The van der Waals surface area contributed by atoms with E-state index in [1.165, 1.54) is 21.3 Å². The average molecular weight is 651 g/mol. The maximum absolute atomic E-state index is 11.7. The second-order valence-corrected chi connectivity index (χ2v) is 10.4. The van der Waals surface area contributed by atoms with Crippen LogP contribution in [0.4, 0.5) is 0 Å². The van der Waals surface area contributed by atoms with Gasteiger partial charge in [0.2, 0.25) is 0 Å². The van der Waals surface area contributed by atoms with Gasteiger partial charge in [0.25, 0.3) is 0 Å².